The number of aryl methyl sites for hydroxylation is 1. The molecule has 19 heavy (non-hydrogen) atoms. The summed E-state index contributed by atoms with van der Waals surface area (Å²) in [5.41, 5.74) is 0. The highest BCUT2D eigenvalue weighted by Gasteiger charge is 2.26. The van der Waals surface area contributed by atoms with Crippen molar-refractivity contribution in [1.82, 2.24) is 4.31 Å². The maximum Gasteiger partial charge on any atom is 0.246 e. The van der Waals surface area contributed by atoms with Crippen molar-refractivity contribution >= 4 is 21.4 Å². The van der Waals surface area contributed by atoms with Crippen LogP contribution in [0.15, 0.2) is 32.9 Å². The monoisotopic (exact) mass is 301 g/mol. The molecule has 1 N–H and O–H groups in total. The number of sulfonamides is 1. The molecule has 0 bridgehead atoms. The van der Waals surface area contributed by atoms with Crippen LogP contribution in [0.4, 0.5) is 0 Å². The quantitative estimate of drug-likeness (QED) is 0.916. The third-order valence-corrected chi connectivity index (χ3v) is 5.50. The summed E-state index contributed by atoms with van der Waals surface area (Å²) in [6.45, 7) is 1.58. The minimum absolute atomic E-state index is 0.107. The lowest BCUT2D eigenvalue weighted by molar-refractivity contribution is 0.244. The van der Waals surface area contributed by atoms with E-state index in [0.717, 1.165) is 4.88 Å². The van der Waals surface area contributed by atoms with Crippen LogP contribution in [0, 0.1) is 6.92 Å². The highest BCUT2D eigenvalue weighted by atomic mass is 32.2. The van der Waals surface area contributed by atoms with E-state index in [2.05, 4.69) is 0 Å². The molecule has 0 atom stereocenters. The summed E-state index contributed by atoms with van der Waals surface area (Å²) < 4.78 is 31.3. The average molecular weight is 301 g/mol. The first-order chi connectivity index (χ1) is 8.95. The molecule has 5 nitrogen and oxygen atoms in total. The Kier molecular flexibility index (Phi) is 4.10. The number of hydrogen-bond acceptors (Lipinski definition) is 5. The van der Waals surface area contributed by atoms with Gasteiger partial charge >= 0.3 is 0 Å². The van der Waals surface area contributed by atoms with Crippen molar-refractivity contribution in [2.75, 3.05) is 7.05 Å². The fourth-order valence-corrected chi connectivity index (χ4v) is 3.90. The maximum atomic E-state index is 12.4. The number of rotatable bonds is 5. The van der Waals surface area contributed by atoms with Gasteiger partial charge in [-0.2, -0.15) is 4.31 Å². The van der Waals surface area contributed by atoms with Gasteiger partial charge < -0.3 is 9.52 Å². The van der Waals surface area contributed by atoms with Crippen molar-refractivity contribution in [3.63, 3.8) is 0 Å². The Morgan fingerprint density at radius 3 is 2.74 bits per heavy atom. The van der Waals surface area contributed by atoms with Gasteiger partial charge in [0.15, 0.2) is 0 Å². The molecule has 2 rings (SSSR count). The fraction of sp³-hybridized carbons (Fsp3) is 0.333. The SMILES string of the molecule is Cc1oc(CO)cc1S(=O)(=O)N(C)Cc1cccs1. The summed E-state index contributed by atoms with van der Waals surface area (Å²) >= 11 is 1.51. The molecule has 7 heteroatoms. The van der Waals surface area contributed by atoms with E-state index in [9.17, 15) is 8.42 Å². The maximum absolute atomic E-state index is 12.4. The highest BCUT2D eigenvalue weighted by Crippen LogP contribution is 2.24. The molecule has 0 aromatic carbocycles. The van der Waals surface area contributed by atoms with Gasteiger partial charge in [-0.25, -0.2) is 8.42 Å². The van der Waals surface area contributed by atoms with Gasteiger partial charge in [-0.1, -0.05) is 6.07 Å². The number of thiophene rings is 1. The third kappa shape index (κ3) is 2.89. The highest BCUT2D eigenvalue weighted by molar-refractivity contribution is 7.89. The largest absolute Gasteiger partial charge is 0.462 e. The Hall–Kier alpha value is -1.15. The van der Waals surface area contributed by atoms with Gasteiger partial charge in [-0.3, -0.25) is 0 Å². The van der Waals surface area contributed by atoms with Crippen molar-refractivity contribution in [3.8, 4) is 0 Å². The number of furan rings is 1. The predicted molar refractivity (Wildman–Crippen MR) is 72.3 cm³/mol. The first kappa shape index (κ1) is 14.3. The molecule has 0 unspecified atom stereocenters. The summed E-state index contributed by atoms with van der Waals surface area (Å²) in [6, 6.07) is 5.14. The standard InChI is InChI=1S/C12H15NO4S2/c1-9-12(6-10(8-14)17-9)19(15,16)13(2)7-11-4-3-5-18-11/h3-6,14H,7-8H2,1-2H3. The zero-order valence-electron chi connectivity index (χ0n) is 10.7. The van der Waals surface area contributed by atoms with Gasteiger partial charge in [0.25, 0.3) is 0 Å². The molecule has 2 aromatic rings. The van der Waals surface area contributed by atoms with Crippen molar-refractivity contribution in [2.45, 2.75) is 25.0 Å². The summed E-state index contributed by atoms with van der Waals surface area (Å²) in [4.78, 5) is 1.07. The Morgan fingerprint density at radius 2 is 2.21 bits per heavy atom. The van der Waals surface area contributed by atoms with E-state index in [0.29, 0.717) is 12.3 Å². The molecule has 0 fully saturated rings. The van der Waals surface area contributed by atoms with Crippen LogP contribution in [0.25, 0.3) is 0 Å². The lowest BCUT2D eigenvalue weighted by atomic mass is 10.4. The first-order valence-electron chi connectivity index (χ1n) is 5.64. The lowest BCUT2D eigenvalue weighted by Gasteiger charge is -2.15. The van der Waals surface area contributed by atoms with Crippen molar-refractivity contribution in [2.24, 2.45) is 0 Å². The van der Waals surface area contributed by atoms with Crippen LogP contribution in [0.5, 0.6) is 0 Å². The van der Waals surface area contributed by atoms with E-state index >= 15 is 0 Å². The topological polar surface area (TPSA) is 70.8 Å². The number of hydrogen-bond donors (Lipinski definition) is 1. The third-order valence-electron chi connectivity index (χ3n) is 2.73. The minimum atomic E-state index is -3.60. The second-order valence-corrected chi connectivity index (χ2v) is 7.18. The van der Waals surface area contributed by atoms with Gasteiger partial charge in [-0.05, 0) is 18.4 Å². The van der Waals surface area contributed by atoms with Gasteiger partial charge in [0.2, 0.25) is 10.0 Å². The number of aliphatic hydroxyl groups excluding tert-OH is 1. The molecule has 0 aliphatic rings. The number of aliphatic hydroxyl groups is 1. The van der Waals surface area contributed by atoms with Crippen LogP contribution in [0.3, 0.4) is 0 Å². The lowest BCUT2D eigenvalue weighted by Crippen LogP contribution is -2.26. The van der Waals surface area contributed by atoms with Gasteiger partial charge in [-0.15, -0.1) is 11.3 Å². The molecule has 0 aliphatic heterocycles. The van der Waals surface area contributed by atoms with E-state index in [-0.39, 0.29) is 17.3 Å². The van der Waals surface area contributed by atoms with E-state index in [4.69, 9.17) is 9.52 Å². The summed E-state index contributed by atoms with van der Waals surface area (Å²) in [5.74, 6) is 0.544. The van der Waals surface area contributed by atoms with Crippen LogP contribution in [-0.4, -0.2) is 24.9 Å². The minimum Gasteiger partial charge on any atom is -0.462 e. The molecular formula is C12H15NO4S2. The van der Waals surface area contributed by atoms with E-state index in [1.165, 1.54) is 28.8 Å². The molecule has 0 saturated carbocycles. The Balaban J connectivity index is 2.28. The summed E-state index contributed by atoms with van der Waals surface area (Å²) in [7, 11) is -2.07. The molecule has 0 spiro atoms. The zero-order chi connectivity index (χ0) is 14.0. The van der Waals surface area contributed by atoms with Crippen molar-refractivity contribution in [1.29, 1.82) is 0 Å². The molecule has 0 aliphatic carbocycles. The van der Waals surface area contributed by atoms with Crippen LogP contribution >= 0.6 is 11.3 Å². The molecule has 0 radical (unpaired) electrons. The Bertz CT molecular complexity index is 643. The Labute approximate surface area is 116 Å². The van der Waals surface area contributed by atoms with Gasteiger partial charge in [0, 0.05) is 24.5 Å². The van der Waals surface area contributed by atoms with Crippen molar-refractivity contribution in [3.05, 3.63) is 40.0 Å². The second kappa shape index (κ2) is 5.46. The van der Waals surface area contributed by atoms with Crippen LogP contribution in [-0.2, 0) is 23.2 Å². The van der Waals surface area contributed by atoms with E-state index < -0.39 is 10.0 Å². The van der Waals surface area contributed by atoms with E-state index in [1.807, 2.05) is 17.5 Å². The fourth-order valence-electron chi connectivity index (χ4n) is 1.73. The molecule has 2 aromatic heterocycles. The second-order valence-electron chi connectivity index (χ2n) is 4.13. The summed E-state index contributed by atoms with van der Waals surface area (Å²) in [5, 5.41) is 10.9. The average Bonchev–Trinajstić information content (AvgIpc) is 2.98. The summed E-state index contributed by atoms with van der Waals surface area (Å²) in [6.07, 6.45) is 0. The normalized spacial score (nSPS) is 12.2. The first-order valence-corrected chi connectivity index (χ1v) is 7.96. The molecule has 104 valence electrons. The van der Waals surface area contributed by atoms with Crippen molar-refractivity contribution < 1.29 is 17.9 Å². The van der Waals surface area contributed by atoms with Gasteiger partial charge in [0.1, 0.15) is 23.0 Å². The smallest absolute Gasteiger partial charge is 0.246 e. The van der Waals surface area contributed by atoms with Crippen LogP contribution < -0.4 is 0 Å². The molecule has 0 saturated heterocycles. The van der Waals surface area contributed by atoms with Gasteiger partial charge in [0.05, 0.1) is 0 Å². The molecule has 0 amide bonds. The van der Waals surface area contributed by atoms with Crippen LogP contribution in [0.2, 0.25) is 0 Å². The predicted octanol–water partition coefficient (Wildman–Crippen LogP) is 1.96. The molecular weight excluding hydrogens is 286 g/mol. The van der Waals surface area contributed by atoms with Crippen LogP contribution in [0.1, 0.15) is 16.4 Å². The van der Waals surface area contributed by atoms with E-state index in [1.54, 1.807) is 6.92 Å². The zero-order valence-corrected chi connectivity index (χ0v) is 12.3. The Morgan fingerprint density at radius 1 is 1.47 bits per heavy atom. The number of nitrogens with zero attached hydrogens (tertiary/aromatic N) is 1. The molecule has 2 heterocycles.